The largest absolute Gasteiger partial charge is 0.326 e. The topological polar surface area (TPSA) is 0 Å². The Bertz CT molecular complexity index is 307. The molecule has 22 heavy (non-hydrogen) atoms. The fourth-order valence-corrected chi connectivity index (χ4v) is 5.15. The molecular weight excluding hydrogens is 452 g/mol. The molecule has 0 N–H and O–H groups in total. The van der Waals surface area contributed by atoms with Crippen molar-refractivity contribution in [3.05, 3.63) is 6.42 Å². The van der Waals surface area contributed by atoms with E-state index in [1.165, 1.54) is 32.1 Å². The van der Waals surface area contributed by atoms with E-state index in [4.69, 9.17) is 0 Å². The molecule has 3 rings (SSSR count). The van der Waals surface area contributed by atoms with Crippen LogP contribution in [0.1, 0.15) is 77.0 Å². The molecule has 0 aromatic rings. The predicted molar refractivity (Wildman–Crippen MR) is 83.5 cm³/mol. The van der Waals surface area contributed by atoms with Gasteiger partial charge in [0, 0.05) is 20.4 Å². The maximum Gasteiger partial charge on any atom is 0.100 e. The van der Waals surface area contributed by atoms with E-state index in [1.54, 1.807) is 0 Å². The van der Waals surface area contributed by atoms with Gasteiger partial charge in [0.1, 0.15) is 6.17 Å². The minimum Gasteiger partial charge on any atom is -0.326 e. The van der Waals surface area contributed by atoms with E-state index in [9.17, 15) is 8.78 Å². The third-order valence-corrected chi connectivity index (χ3v) is 6.50. The maximum absolute atomic E-state index is 14.1. The summed E-state index contributed by atoms with van der Waals surface area (Å²) in [5.41, 5.74) is 0. The van der Waals surface area contributed by atoms with Gasteiger partial charge in [-0.1, -0.05) is 19.3 Å². The van der Waals surface area contributed by atoms with Crippen LogP contribution in [-0.4, -0.2) is 12.3 Å². The summed E-state index contributed by atoms with van der Waals surface area (Å²) in [4.78, 5) is 0. The van der Waals surface area contributed by atoms with Crippen molar-refractivity contribution >= 4 is 0 Å². The molecule has 2 unspecified atom stereocenters. The molecule has 1 radical (unpaired) electrons. The number of rotatable bonds is 3. The van der Waals surface area contributed by atoms with Gasteiger partial charge >= 0.3 is 0 Å². The summed E-state index contributed by atoms with van der Waals surface area (Å²) in [7, 11) is 0. The van der Waals surface area contributed by atoms with Crippen LogP contribution in [0, 0.1) is 30.1 Å². The fourth-order valence-electron chi connectivity index (χ4n) is 5.15. The van der Waals surface area contributed by atoms with Crippen LogP contribution in [0.25, 0.3) is 0 Å². The van der Waals surface area contributed by atoms with Gasteiger partial charge < -0.3 is 6.42 Å². The van der Waals surface area contributed by atoms with Crippen molar-refractivity contribution in [2.75, 3.05) is 0 Å². The van der Waals surface area contributed by atoms with Crippen LogP contribution in [0.3, 0.4) is 0 Å². The normalized spacial score (nSPS) is 43.4. The first kappa shape index (κ1) is 18.9. The van der Waals surface area contributed by atoms with E-state index >= 15 is 0 Å². The van der Waals surface area contributed by atoms with Gasteiger partial charge in [-0.15, -0.1) is 6.42 Å². The molecule has 3 aliphatic carbocycles. The molecule has 0 nitrogen and oxygen atoms in total. The Morgan fingerprint density at radius 1 is 0.773 bits per heavy atom. The molecule has 0 spiro atoms. The minimum absolute atomic E-state index is 0. The molecule has 129 valence electrons. The van der Waals surface area contributed by atoms with Crippen molar-refractivity contribution in [2.24, 2.45) is 23.7 Å². The van der Waals surface area contributed by atoms with Crippen LogP contribution < -0.4 is 0 Å². The Labute approximate surface area is 148 Å². The first-order valence-electron chi connectivity index (χ1n) is 9.32. The van der Waals surface area contributed by atoms with Crippen molar-refractivity contribution in [1.29, 1.82) is 0 Å². The SMILES string of the molecule is FC1CCC(CC2CCC(C3CC[CH-]CC3F)CC2)CC1.[Re]. The van der Waals surface area contributed by atoms with E-state index in [0.29, 0.717) is 18.3 Å². The summed E-state index contributed by atoms with van der Waals surface area (Å²) >= 11 is 0. The zero-order valence-electron chi connectivity index (χ0n) is 13.7. The van der Waals surface area contributed by atoms with Gasteiger partial charge in [0.2, 0.25) is 0 Å². The summed E-state index contributed by atoms with van der Waals surface area (Å²) in [6, 6.07) is 0. The van der Waals surface area contributed by atoms with Crippen molar-refractivity contribution in [3.63, 3.8) is 0 Å². The first-order valence-corrected chi connectivity index (χ1v) is 9.32. The minimum atomic E-state index is -0.569. The second-order valence-electron chi connectivity index (χ2n) is 7.92. The van der Waals surface area contributed by atoms with Crippen molar-refractivity contribution in [1.82, 2.24) is 0 Å². The Kier molecular flexibility index (Phi) is 7.82. The Morgan fingerprint density at radius 2 is 1.36 bits per heavy atom. The summed E-state index contributed by atoms with van der Waals surface area (Å²) in [6.45, 7) is 0. The average molecular weight is 484 g/mol. The standard InChI is InChI=1S/C19H31F2.Re/c20-17-11-7-15(8-12-17)13-14-5-9-16(10-6-14)18-3-1-2-4-19(18)21;/h2,14-19H,1,3-13H2;/q-1;. The number of hydrogen-bond donors (Lipinski definition) is 0. The molecule has 3 aliphatic rings. The molecule has 3 fully saturated rings. The van der Waals surface area contributed by atoms with Crippen molar-refractivity contribution < 1.29 is 29.2 Å². The van der Waals surface area contributed by atoms with Gasteiger partial charge in [-0.05, 0) is 68.6 Å². The van der Waals surface area contributed by atoms with E-state index in [1.807, 2.05) is 0 Å². The number of halogens is 2. The second kappa shape index (κ2) is 9.12. The van der Waals surface area contributed by atoms with Crippen molar-refractivity contribution in [2.45, 2.75) is 89.4 Å². The molecule has 3 heteroatoms. The van der Waals surface area contributed by atoms with E-state index < -0.39 is 12.3 Å². The van der Waals surface area contributed by atoms with Gasteiger partial charge in [0.05, 0.1) is 6.17 Å². The summed E-state index contributed by atoms with van der Waals surface area (Å²) in [5, 5.41) is 0. The Balaban J connectivity index is 0.00000176. The van der Waals surface area contributed by atoms with Crippen LogP contribution >= 0.6 is 0 Å². The molecule has 0 aromatic carbocycles. The van der Waals surface area contributed by atoms with Gasteiger partial charge in [0.25, 0.3) is 0 Å². The zero-order valence-corrected chi connectivity index (χ0v) is 16.4. The zero-order chi connectivity index (χ0) is 14.7. The summed E-state index contributed by atoms with van der Waals surface area (Å²) in [6.07, 6.45) is 14.1. The molecule has 0 aliphatic heterocycles. The third-order valence-electron chi connectivity index (χ3n) is 6.50. The van der Waals surface area contributed by atoms with Crippen LogP contribution in [0.5, 0.6) is 0 Å². The summed E-state index contributed by atoms with van der Waals surface area (Å²) < 4.78 is 27.3. The quantitative estimate of drug-likeness (QED) is 0.429. The van der Waals surface area contributed by atoms with Gasteiger partial charge in [-0.25, -0.2) is 8.78 Å². The van der Waals surface area contributed by atoms with E-state index in [0.717, 1.165) is 50.4 Å². The van der Waals surface area contributed by atoms with E-state index in [2.05, 4.69) is 6.42 Å². The molecule has 0 aromatic heterocycles. The Hall–Kier alpha value is 0.522. The number of hydrogen-bond acceptors (Lipinski definition) is 0. The van der Waals surface area contributed by atoms with Crippen LogP contribution in [0.2, 0.25) is 0 Å². The molecule has 3 saturated carbocycles. The smallest absolute Gasteiger partial charge is 0.100 e. The van der Waals surface area contributed by atoms with Gasteiger partial charge in [-0.2, -0.15) is 6.42 Å². The second-order valence-corrected chi connectivity index (χ2v) is 7.92. The van der Waals surface area contributed by atoms with Crippen LogP contribution in [0.4, 0.5) is 8.78 Å². The average Bonchev–Trinajstić information content (AvgIpc) is 2.51. The molecule has 0 amide bonds. The summed E-state index contributed by atoms with van der Waals surface area (Å²) in [5.74, 6) is 2.61. The van der Waals surface area contributed by atoms with Crippen LogP contribution in [-0.2, 0) is 20.4 Å². The maximum atomic E-state index is 14.1. The molecular formula is C19H31F2Re-. The number of alkyl halides is 2. The first-order chi connectivity index (χ1) is 10.2. The third kappa shape index (κ3) is 5.01. The Morgan fingerprint density at radius 3 is 1.95 bits per heavy atom. The molecule has 2 atom stereocenters. The van der Waals surface area contributed by atoms with Crippen LogP contribution in [0.15, 0.2) is 0 Å². The monoisotopic (exact) mass is 484 g/mol. The van der Waals surface area contributed by atoms with E-state index in [-0.39, 0.29) is 20.4 Å². The molecule has 0 bridgehead atoms. The molecule has 0 saturated heterocycles. The van der Waals surface area contributed by atoms with Crippen molar-refractivity contribution in [3.8, 4) is 0 Å². The fraction of sp³-hybridized carbons (Fsp3) is 0.947. The molecule has 0 heterocycles. The predicted octanol–water partition coefficient (Wildman–Crippen LogP) is 6.05. The van der Waals surface area contributed by atoms with Gasteiger partial charge in [-0.3, -0.25) is 0 Å². The van der Waals surface area contributed by atoms with Gasteiger partial charge in [0.15, 0.2) is 0 Å².